The summed E-state index contributed by atoms with van der Waals surface area (Å²) < 4.78 is 0. The molecule has 3 N–H and O–H groups in total. The molecule has 21 heavy (non-hydrogen) atoms. The molecule has 0 aliphatic heterocycles. The van der Waals surface area contributed by atoms with Crippen LogP contribution in [-0.2, 0) is 9.59 Å². The van der Waals surface area contributed by atoms with Gasteiger partial charge in [-0.25, -0.2) is 0 Å². The lowest BCUT2D eigenvalue weighted by atomic mass is 9.63. The molecule has 5 heteroatoms. The van der Waals surface area contributed by atoms with Gasteiger partial charge in [0, 0.05) is 18.3 Å². The van der Waals surface area contributed by atoms with Gasteiger partial charge in [0.05, 0.1) is 24.2 Å². The van der Waals surface area contributed by atoms with Gasteiger partial charge in [0.25, 0.3) is 0 Å². The van der Waals surface area contributed by atoms with E-state index in [-0.39, 0.29) is 42.7 Å². The predicted octanol–water partition coefficient (Wildman–Crippen LogP) is 0.690. The summed E-state index contributed by atoms with van der Waals surface area (Å²) in [4.78, 5) is 24.8. The molecule has 2 fully saturated rings. The van der Waals surface area contributed by atoms with Crippen molar-refractivity contribution in [3.8, 4) is 0 Å². The summed E-state index contributed by atoms with van der Waals surface area (Å²) in [5.41, 5.74) is 0. The Balaban J connectivity index is 2.06. The molecule has 5 nitrogen and oxygen atoms in total. The summed E-state index contributed by atoms with van der Waals surface area (Å²) in [5, 5.41) is 29.1. The Kier molecular flexibility index (Phi) is 5.17. The van der Waals surface area contributed by atoms with Crippen molar-refractivity contribution in [2.45, 2.75) is 64.3 Å². The first-order chi connectivity index (χ1) is 9.79. The minimum Gasteiger partial charge on any atom is -0.393 e. The second-order valence-corrected chi connectivity index (χ2v) is 7.02. The topological polar surface area (TPSA) is 94.8 Å². The maximum atomic E-state index is 12.6. The zero-order chi connectivity index (χ0) is 15.7. The molecule has 7 atom stereocenters. The minimum absolute atomic E-state index is 0.00911. The van der Waals surface area contributed by atoms with Crippen molar-refractivity contribution in [2.24, 2.45) is 23.7 Å². The lowest BCUT2D eigenvalue weighted by Gasteiger charge is -2.41. The Morgan fingerprint density at radius 1 is 1.19 bits per heavy atom. The van der Waals surface area contributed by atoms with E-state index in [1.165, 1.54) is 0 Å². The Morgan fingerprint density at radius 2 is 1.86 bits per heavy atom. The monoisotopic (exact) mass is 298 g/mol. The zero-order valence-corrected chi connectivity index (χ0v) is 12.7. The number of carbonyl (C=O) groups is 2. The third-order valence-corrected chi connectivity index (χ3v) is 4.91. The molecule has 0 aromatic heterocycles. The highest BCUT2D eigenvalue weighted by molar-refractivity contribution is 5.98. The zero-order valence-electron chi connectivity index (χ0n) is 12.7. The van der Waals surface area contributed by atoms with E-state index < -0.39 is 30.1 Å². The van der Waals surface area contributed by atoms with Crippen LogP contribution in [0, 0.1) is 23.7 Å². The highest BCUT2D eigenvalue weighted by atomic mass is 16.3. The van der Waals surface area contributed by atoms with Crippen LogP contribution in [0.2, 0.25) is 0 Å². The normalized spacial score (nSPS) is 39.8. The number of aliphatic hydroxyl groups is 3. The first-order valence-corrected chi connectivity index (χ1v) is 7.90. The van der Waals surface area contributed by atoms with Crippen LogP contribution in [0.3, 0.4) is 0 Å². The third kappa shape index (κ3) is 3.71. The number of hydrogen-bond acceptors (Lipinski definition) is 5. The smallest absolute Gasteiger partial charge is 0.140 e. The van der Waals surface area contributed by atoms with Crippen LogP contribution in [0.1, 0.15) is 46.0 Å². The highest BCUT2D eigenvalue weighted by Gasteiger charge is 2.49. The molecule has 120 valence electrons. The average molecular weight is 298 g/mol. The minimum atomic E-state index is -0.897. The van der Waals surface area contributed by atoms with Crippen LogP contribution < -0.4 is 0 Å². The van der Waals surface area contributed by atoms with Gasteiger partial charge in [0.15, 0.2) is 0 Å². The molecule has 0 aromatic rings. The van der Waals surface area contributed by atoms with Gasteiger partial charge in [0.2, 0.25) is 0 Å². The number of ketones is 2. The van der Waals surface area contributed by atoms with Gasteiger partial charge in [-0.2, -0.15) is 0 Å². The van der Waals surface area contributed by atoms with Crippen molar-refractivity contribution >= 4 is 11.6 Å². The van der Waals surface area contributed by atoms with Crippen LogP contribution in [-0.4, -0.2) is 45.2 Å². The maximum Gasteiger partial charge on any atom is 0.140 e. The lowest BCUT2D eigenvalue weighted by Crippen LogP contribution is -2.51. The van der Waals surface area contributed by atoms with Crippen molar-refractivity contribution in [2.75, 3.05) is 0 Å². The first kappa shape index (κ1) is 16.6. The molecular weight excluding hydrogens is 272 g/mol. The first-order valence-electron chi connectivity index (χ1n) is 7.90. The molecule has 0 amide bonds. The van der Waals surface area contributed by atoms with E-state index >= 15 is 0 Å². The predicted molar refractivity (Wildman–Crippen MR) is 76.4 cm³/mol. The largest absolute Gasteiger partial charge is 0.393 e. The van der Waals surface area contributed by atoms with Gasteiger partial charge in [-0.05, 0) is 38.5 Å². The summed E-state index contributed by atoms with van der Waals surface area (Å²) in [6, 6.07) is 0. The molecular formula is C16H26O5. The Hall–Kier alpha value is -0.780. The van der Waals surface area contributed by atoms with Crippen molar-refractivity contribution in [3.63, 3.8) is 0 Å². The molecule has 2 aliphatic carbocycles. The average Bonchev–Trinajstić information content (AvgIpc) is 2.33. The molecule has 0 radical (unpaired) electrons. The number of Topliss-reactive ketones (excluding diaryl/α,β-unsaturated/α-hetero) is 2. The van der Waals surface area contributed by atoms with E-state index in [0.29, 0.717) is 12.8 Å². The van der Waals surface area contributed by atoms with Crippen LogP contribution in [0.5, 0.6) is 0 Å². The Bertz CT molecular complexity index is 405. The fourth-order valence-corrected chi connectivity index (χ4v) is 4.11. The van der Waals surface area contributed by atoms with Gasteiger partial charge in [0.1, 0.15) is 11.6 Å². The molecule has 0 aromatic carbocycles. The number of fused-ring (bicyclic) bond motifs is 1. The standard InChI is InChI=1S/C16H26O5/c1-8(3-9(2)17)4-10-5-13(19)15-12(16(10)21)6-11(18)7-14(15)20/h8-12,14-15,17-18,20H,3-7H2,1-2H3. The number of rotatable bonds is 4. The van der Waals surface area contributed by atoms with E-state index in [9.17, 15) is 24.9 Å². The van der Waals surface area contributed by atoms with Gasteiger partial charge < -0.3 is 15.3 Å². The van der Waals surface area contributed by atoms with Crippen LogP contribution in [0.25, 0.3) is 0 Å². The fraction of sp³-hybridized carbons (Fsp3) is 0.875. The Morgan fingerprint density at radius 3 is 2.48 bits per heavy atom. The summed E-state index contributed by atoms with van der Waals surface area (Å²) in [6.07, 6.45) is -0.158. The summed E-state index contributed by atoms with van der Waals surface area (Å²) in [7, 11) is 0. The van der Waals surface area contributed by atoms with E-state index in [1.807, 2.05) is 6.92 Å². The van der Waals surface area contributed by atoms with Crippen molar-refractivity contribution in [1.82, 2.24) is 0 Å². The number of hydrogen-bond donors (Lipinski definition) is 3. The molecule has 0 bridgehead atoms. The van der Waals surface area contributed by atoms with E-state index in [0.717, 1.165) is 0 Å². The molecule has 7 unspecified atom stereocenters. The van der Waals surface area contributed by atoms with E-state index in [4.69, 9.17) is 0 Å². The number of carbonyl (C=O) groups excluding carboxylic acids is 2. The van der Waals surface area contributed by atoms with Crippen molar-refractivity contribution in [3.05, 3.63) is 0 Å². The van der Waals surface area contributed by atoms with E-state index in [2.05, 4.69) is 0 Å². The SMILES string of the molecule is CC(O)CC(C)CC1CC(=O)C2C(O)CC(O)CC2C1=O. The quantitative estimate of drug-likeness (QED) is 0.710. The van der Waals surface area contributed by atoms with Crippen molar-refractivity contribution < 1.29 is 24.9 Å². The van der Waals surface area contributed by atoms with Gasteiger partial charge >= 0.3 is 0 Å². The van der Waals surface area contributed by atoms with Crippen molar-refractivity contribution in [1.29, 1.82) is 0 Å². The van der Waals surface area contributed by atoms with Crippen LogP contribution in [0.15, 0.2) is 0 Å². The van der Waals surface area contributed by atoms with Crippen LogP contribution in [0.4, 0.5) is 0 Å². The fourth-order valence-electron chi connectivity index (χ4n) is 4.11. The summed E-state index contributed by atoms with van der Waals surface area (Å²) >= 11 is 0. The van der Waals surface area contributed by atoms with E-state index in [1.54, 1.807) is 6.92 Å². The molecule has 2 saturated carbocycles. The molecule has 2 aliphatic rings. The molecule has 0 heterocycles. The summed E-state index contributed by atoms with van der Waals surface area (Å²) in [5.74, 6) is -1.35. The van der Waals surface area contributed by atoms with Gasteiger partial charge in [-0.1, -0.05) is 6.92 Å². The van der Waals surface area contributed by atoms with Crippen LogP contribution >= 0.6 is 0 Å². The van der Waals surface area contributed by atoms with Gasteiger partial charge in [-0.15, -0.1) is 0 Å². The second-order valence-electron chi connectivity index (χ2n) is 7.02. The lowest BCUT2D eigenvalue weighted by molar-refractivity contribution is -0.153. The molecule has 0 spiro atoms. The maximum absolute atomic E-state index is 12.6. The second kappa shape index (κ2) is 6.55. The molecule has 0 saturated heterocycles. The summed E-state index contributed by atoms with van der Waals surface area (Å²) in [6.45, 7) is 3.69. The Labute approximate surface area is 125 Å². The molecule has 2 rings (SSSR count). The number of aliphatic hydroxyl groups excluding tert-OH is 3. The highest BCUT2D eigenvalue weighted by Crippen LogP contribution is 2.41. The van der Waals surface area contributed by atoms with Gasteiger partial charge in [-0.3, -0.25) is 9.59 Å². The third-order valence-electron chi connectivity index (χ3n) is 4.91.